The highest BCUT2D eigenvalue weighted by atomic mass is 19.1. The number of hydrogen-bond acceptors (Lipinski definition) is 3. The molecule has 2 fully saturated rings. The van der Waals surface area contributed by atoms with Crippen LogP contribution in [0.2, 0.25) is 0 Å². The number of fused-ring (bicyclic) bond motifs is 4. The number of rotatable bonds is 1. The van der Waals surface area contributed by atoms with Gasteiger partial charge in [-0.25, -0.2) is 4.39 Å². The Morgan fingerprint density at radius 1 is 1.40 bits per heavy atom. The molecule has 0 saturated carbocycles. The molecule has 1 aromatic rings. The number of piperidine rings is 1. The molecule has 1 spiro atoms. The first-order chi connectivity index (χ1) is 9.70. The Labute approximate surface area is 119 Å². The van der Waals surface area contributed by atoms with E-state index in [1.807, 2.05) is 7.05 Å². The molecule has 2 bridgehead atoms. The lowest BCUT2D eigenvalue weighted by Crippen LogP contribution is -2.54. The van der Waals surface area contributed by atoms with E-state index in [-0.39, 0.29) is 17.5 Å². The SMILES string of the molecule is CNC1CC2(CCN3CCC2C3)Oc2ccc(F)cc21. The summed E-state index contributed by atoms with van der Waals surface area (Å²) in [5.41, 5.74) is 0.921. The number of ether oxygens (including phenoxy) is 1. The Balaban J connectivity index is 1.73. The summed E-state index contributed by atoms with van der Waals surface area (Å²) in [6, 6.07) is 5.13. The number of benzene rings is 1. The zero-order valence-electron chi connectivity index (χ0n) is 11.9. The van der Waals surface area contributed by atoms with Crippen molar-refractivity contribution in [3.63, 3.8) is 0 Å². The normalized spacial score (nSPS) is 38.6. The second-order valence-electron chi connectivity index (χ2n) is 6.43. The molecule has 0 amide bonds. The van der Waals surface area contributed by atoms with Crippen molar-refractivity contribution in [2.24, 2.45) is 5.92 Å². The predicted molar refractivity (Wildman–Crippen MR) is 75.3 cm³/mol. The summed E-state index contributed by atoms with van der Waals surface area (Å²) in [6.45, 7) is 3.49. The van der Waals surface area contributed by atoms with Crippen LogP contribution in [0, 0.1) is 11.7 Å². The average molecular weight is 276 g/mol. The summed E-state index contributed by atoms with van der Waals surface area (Å²) in [4.78, 5) is 2.54. The van der Waals surface area contributed by atoms with E-state index in [9.17, 15) is 4.39 Å². The van der Waals surface area contributed by atoms with Crippen molar-refractivity contribution < 1.29 is 9.13 Å². The Hall–Kier alpha value is -1.13. The standard InChI is InChI=1S/C16H21FN2O/c1-18-14-9-16(5-7-19-6-4-11(16)10-19)20-15-3-2-12(17)8-13(14)15/h2-3,8,11,14,18H,4-7,9-10H2,1H3. The zero-order chi connectivity index (χ0) is 13.7. The van der Waals surface area contributed by atoms with Gasteiger partial charge in [0.25, 0.3) is 0 Å². The predicted octanol–water partition coefficient (Wildman–Crippen LogP) is 2.33. The van der Waals surface area contributed by atoms with Crippen LogP contribution in [0.4, 0.5) is 4.39 Å². The third kappa shape index (κ3) is 1.78. The Kier molecular flexibility index (Phi) is 2.79. The van der Waals surface area contributed by atoms with Gasteiger partial charge in [-0.1, -0.05) is 0 Å². The molecule has 1 N–H and O–H groups in total. The maximum atomic E-state index is 13.5. The maximum absolute atomic E-state index is 13.5. The Morgan fingerprint density at radius 3 is 3.15 bits per heavy atom. The minimum Gasteiger partial charge on any atom is -0.486 e. The van der Waals surface area contributed by atoms with Crippen LogP contribution in [-0.4, -0.2) is 37.2 Å². The van der Waals surface area contributed by atoms with Crippen LogP contribution in [0.5, 0.6) is 5.75 Å². The first-order valence-corrected chi connectivity index (χ1v) is 7.58. The lowest BCUT2D eigenvalue weighted by atomic mass is 9.74. The van der Waals surface area contributed by atoms with Gasteiger partial charge in [-0.2, -0.15) is 0 Å². The van der Waals surface area contributed by atoms with Gasteiger partial charge in [0.15, 0.2) is 0 Å². The number of nitrogens with one attached hydrogen (secondary N) is 1. The van der Waals surface area contributed by atoms with Gasteiger partial charge in [0.05, 0.1) is 0 Å². The molecule has 20 heavy (non-hydrogen) atoms. The molecule has 4 atom stereocenters. The molecule has 3 aliphatic rings. The molecule has 3 nitrogen and oxygen atoms in total. The second kappa shape index (κ2) is 4.43. The van der Waals surface area contributed by atoms with Gasteiger partial charge in [-0.05, 0) is 38.2 Å². The monoisotopic (exact) mass is 276 g/mol. The average Bonchev–Trinajstić information content (AvgIpc) is 2.88. The summed E-state index contributed by atoms with van der Waals surface area (Å²) in [5.74, 6) is 1.31. The van der Waals surface area contributed by atoms with Gasteiger partial charge in [-0.15, -0.1) is 0 Å². The van der Waals surface area contributed by atoms with Crippen LogP contribution in [0.1, 0.15) is 30.9 Å². The van der Waals surface area contributed by atoms with Crippen LogP contribution in [0.3, 0.4) is 0 Å². The highest BCUT2D eigenvalue weighted by molar-refractivity contribution is 5.40. The van der Waals surface area contributed by atoms with Gasteiger partial charge in [0.2, 0.25) is 0 Å². The van der Waals surface area contributed by atoms with E-state index in [1.165, 1.54) is 19.0 Å². The van der Waals surface area contributed by atoms with E-state index < -0.39 is 0 Å². The molecule has 0 radical (unpaired) electrons. The molecule has 0 aliphatic carbocycles. The van der Waals surface area contributed by atoms with E-state index in [2.05, 4.69) is 10.2 Å². The minimum atomic E-state index is -0.181. The molecule has 1 aromatic carbocycles. The lowest BCUT2D eigenvalue weighted by molar-refractivity contribution is -0.0469. The topological polar surface area (TPSA) is 24.5 Å². The summed E-state index contributed by atoms with van der Waals surface area (Å²) in [6.07, 6.45) is 3.28. The van der Waals surface area contributed by atoms with Gasteiger partial charge < -0.3 is 15.0 Å². The molecular formula is C16H21FN2O. The second-order valence-corrected chi connectivity index (χ2v) is 6.43. The summed E-state index contributed by atoms with van der Waals surface area (Å²) >= 11 is 0. The van der Waals surface area contributed by atoms with E-state index in [0.29, 0.717) is 5.92 Å². The van der Waals surface area contributed by atoms with Gasteiger partial charge >= 0.3 is 0 Å². The van der Waals surface area contributed by atoms with Crippen LogP contribution in [-0.2, 0) is 0 Å². The van der Waals surface area contributed by atoms with Crippen molar-refractivity contribution in [1.82, 2.24) is 10.2 Å². The quantitative estimate of drug-likeness (QED) is 0.852. The summed E-state index contributed by atoms with van der Waals surface area (Å²) in [7, 11) is 1.96. The van der Waals surface area contributed by atoms with Crippen molar-refractivity contribution in [2.45, 2.75) is 30.9 Å². The zero-order valence-corrected chi connectivity index (χ0v) is 11.9. The minimum absolute atomic E-state index is 0.0501. The van der Waals surface area contributed by atoms with Crippen molar-refractivity contribution >= 4 is 0 Å². The van der Waals surface area contributed by atoms with Gasteiger partial charge in [0, 0.05) is 43.5 Å². The summed E-state index contributed by atoms with van der Waals surface area (Å²) < 4.78 is 19.9. The first-order valence-electron chi connectivity index (χ1n) is 7.58. The molecule has 3 heterocycles. The highest BCUT2D eigenvalue weighted by Gasteiger charge is 2.51. The number of halogens is 1. The molecule has 2 saturated heterocycles. The van der Waals surface area contributed by atoms with Crippen molar-refractivity contribution in [2.75, 3.05) is 26.7 Å². The van der Waals surface area contributed by atoms with Crippen molar-refractivity contribution in [3.05, 3.63) is 29.6 Å². The molecule has 4 unspecified atom stereocenters. The van der Waals surface area contributed by atoms with E-state index in [4.69, 9.17) is 4.74 Å². The number of hydrogen-bond donors (Lipinski definition) is 1. The van der Waals surface area contributed by atoms with E-state index in [1.54, 1.807) is 12.1 Å². The Morgan fingerprint density at radius 2 is 2.30 bits per heavy atom. The van der Waals surface area contributed by atoms with Crippen LogP contribution < -0.4 is 10.1 Å². The molecular weight excluding hydrogens is 255 g/mol. The fourth-order valence-corrected chi connectivity index (χ4v) is 4.28. The van der Waals surface area contributed by atoms with Crippen LogP contribution >= 0.6 is 0 Å². The third-order valence-electron chi connectivity index (χ3n) is 5.43. The molecule has 4 rings (SSSR count). The summed E-state index contributed by atoms with van der Waals surface area (Å²) in [5, 5.41) is 3.36. The smallest absolute Gasteiger partial charge is 0.125 e. The van der Waals surface area contributed by atoms with Gasteiger partial charge in [0.1, 0.15) is 17.2 Å². The van der Waals surface area contributed by atoms with E-state index >= 15 is 0 Å². The van der Waals surface area contributed by atoms with Crippen molar-refractivity contribution in [1.29, 1.82) is 0 Å². The molecule has 4 heteroatoms. The lowest BCUT2D eigenvalue weighted by Gasteiger charge is -2.48. The molecule has 3 aliphatic heterocycles. The van der Waals surface area contributed by atoms with Gasteiger partial charge in [-0.3, -0.25) is 0 Å². The first kappa shape index (κ1) is 12.6. The number of nitrogens with zero attached hydrogens (tertiary/aromatic N) is 1. The largest absolute Gasteiger partial charge is 0.486 e. The molecule has 108 valence electrons. The fourth-order valence-electron chi connectivity index (χ4n) is 4.28. The van der Waals surface area contributed by atoms with Crippen LogP contribution in [0.15, 0.2) is 18.2 Å². The van der Waals surface area contributed by atoms with Crippen LogP contribution in [0.25, 0.3) is 0 Å². The third-order valence-corrected chi connectivity index (χ3v) is 5.43. The molecule has 0 aromatic heterocycles. The maximum Gasteiger partial charge on any atom is 0.125 e. The highest BCUT2D eigenvalue weighted by Crippen LogP contribution is 2.49. The fraction of sp³-hybridized carbons (Fsp3) is 0.625. The van der Waals surface area contributed by atoms with Crippen molar-refractivity contribution in [3.8, 4) is 5.75 Å². The Bertz CT molecular complexity index is 535. The van der Waals surface area contributed by atoms with E-state index in [0.717, 1.165) is 37.2 Å².